The van der Waals surface area contributed by atoms with Crippen molar-refractivity contribution < 1.29 is 4.79 Å². The highest BCUT2D eigenvalue weighted by molar-refractivity contribution is 7.15. The zero-order valence-corrected chi connectivity index (χ0v) is 12.4. The van der Waals surface area contributed by atoms with Crippen LogP contribution >= 0.6 is 22.7 Å². The van der Waals surface area contributed by atoms with E-state index in [1.165, 1.54) is 0 Å². The van der Waals surface area contributed by atoms with Crippen molar-refractivity contribution in [1.29, 1.82) is 0 Å². The minimum absolute atomic E-state index is 0.0957. The van der Waals surface area contributed by atoms with Gasteiger partial charge in [-0.3, -0.25) is 9.78 Å². The van der Waals surface area contributed by atoms with Crippen molar-refractivity contribution in [2.75, 3.05) is 5.32 Å². The van der Waals surface area contributed by atoms with Gasteiger partial charge in [0.2, 0.25) is 0 Å². The molecular weight excluding hydrogens is 304 g/mol. The number of carbonyl (C=O) groups excluding carboxylic acids is 1. The van der Waals surface area contributed by atoms with Gasteiger partial charge in [0.05, 0.1) is 22.3 Å². The fourth-order valence-corrected chi connectivity index (χ4v) is 3.82. The van der Waals surface area contributed by atoms with Gasteiger partial charge < -0.3 is 10.6 Å². The minimum Gasteiger partial charge on any atom is -0.359 e. The summed E-state index contributed by atoms with van der Waals surface area (Å²) >= 11 is 3.22. The van der Waals surface area contributed by atoms with Crippen LogP contribution in [0.3, 0.4) is 0 Å². The summed E-state index contributed by atoms with van der Waals surface area (Å²) in [7, 11) is 0. The van der Waals surface area contributed by atoms with Crippen molar-refractivity contribution in [3.8, 4) is 10.6 Å². The molecule has 0 aromatic carbocycles. The van der Waals surface area contributed by atoms with E-state index in [4.69, 9.17) is 0 Å². The van der Waals surface area contributed by atoms with Gasteiger partial charge in [0, 0.05) is 23.3 Å². The second-order valence-electron chi connectivity index (χ2n) is 4.55. The van der Waals surface area contributed by atoms with Gasteiger partial charge in [-0.25, -0.2) is 4.98 Å². The summed E-state index contributed by atoms with van der Waals surface area (Å²) < 4.78 is 0. The number of nitrogens with one attached hydrogen (secondary N) is 2. The van der Waals surface area contributed by atoms with Gasteiger partial charge in [0.15, 0.2) is 0 Å². The molecule has 0 saturated carbocycles. The van der Waals surface area contributed by atoms with Crippen molar-refractivity contribution in [2.24, 2.45) is 0 Å². The second-order valence-corrected chi connectivity index (χ2v) is 6.39. The second kappa shape index (κ2) is 4.94. The first-order chi connectivity index (χ1) is 10.3. The van der Waals surface area contributed by atoms with Crippen LogP contribution in [0.15, 0.2) is 41.5 Å². The van der Waals surface area contributed by atoms with Crippen LogP contribution in [-0.2, 0) is 0 Å². The number of hydrogen-bond acceptors (Lipinski definition) is 6. The fourth-order valence-electron chi connectivity index (χ4n) is 2.19. The highest BCUT2D eigenvalue weighted by Crippen LogP contribution is 2.32. The van der Waals surface area contributed by atoms with Crippen LogP contribution in [-0.4, -0.2) is 15.9 Å². The first-order valence-corrected chi connectivity index (χ1v) is 8.07. The molecule has 7 heteroatoms. The molecule has 21 heavy (non-hydrogen) atoms. The van der Waals surface area contributed by atoms with E-state index in [9.17, 15) is 4.79 Å². The standard InChI is InChI=1S/C14H10N4OS2/c19-13-9-1-3-15-5-10(9)17-12(18-13)11-6-16-14(21-11)8-2-4-20-7-8/h1-7,12,17H,(H,18,19). The number of anilines is 1. The maximum atomic E-state index is 12.1. The van der Waals surface area contributed by atoms with Gasteiger partial charge in [-0.2, -0.15) is 11.3 Å². The van der Waals surface area contributed by atoms with Crippen molar-refractivity contribution in [2.45, 2.75) is 6.17 Å². The number of amides is 1. The molecule has 0 fully saturated rings. The Balaban J connectivity index is 1.65. The van der Waals surface area contributed by atoms with Crippen LogP contribution in [0.25, 0.3) is 10.6 Å². The Morgan fingerprint density at radius 3 is 3.00 bits per heavy atom. The summed E-state index contributed by atoms with van der Waals surface area (Å²) in [6, 6.07) is 3.75. The molecule has 0 spiro atoms. The lowest BCUT2D eigenvalue weighted by atomic mass is 10.1. The van der Waals surface area contributed by atoms with Crippen LogP contribution in [0, 0.1) is 0 Å². The van der Waals surface area contributed by atoms with E-state index in [0.29, 0.717) is 5.56 Å². The lowest BCUT2D eigenvalue weighted by Crippen LogP contribution is -2.38. The molecule has 0 bridgehead atoms. The maximum absolute atomic E-state index is 12.1. The Morgan fingerprint density at radius 2 is 2.14 bits per heavy atom. The molecule has 3 aromatic heterocycles. The molecule has 2 N–H and O–H groups in total. The summed E-state index contributed by atoms with van der Waals surface area (Å²) in [5, 5.41) is 11.3. The molecule has 0 aliphatic carbocycles. The van der Waals surface area contributed by atoms with Crippen molar-refractivity contribution in [3.05, 3.63) is 51.9 Å². The molecule has 3 aromatic rings. The molecule has 104 valence electrons. The molecule has 0 saturated heterocycles. The number of fused-ring (bicyclic) bond motifs is 1. The predicted molar refractivity (Wildman–Crippen MR) is 83.5 cm³/mol. The van der Waals surface area contributed by atoms with E-state index < -0.39 is 0 Å². The van der Waals surface area contributed by atoms with Gasteiger partial charge >= 0.3 is 0 Å². The maximum Gasteiger partial charge on any atom is 0.255 e. The van der Waals surface area contributed by atoms with Crippen LogP contribution in [0.4, 0.5) is 5.69 Å². The van der Waals surface area contributed by atoms with Crippen LogP contribution in [0.1, 0.15) is 21.4 Å². The number of hydrogen-bond donors (Lipinski definition) is 2. The highest BCUT2D eigenvalue weighted by atomic mass is 32.1. The Morgan fingerprint density at radius 1 is 1.19 bits per heavy atom. The minimum atomic E-state index is -0.265. The van der Waals surface area contributed by atoms with Gasteiger partial charge in [0.1, 0.15) is 11.2 Å². The molecule has 1 aliphatic heterocycles. The topological polar surface area (TPSA) is 66.9 Å². The Hall–Kier alpha value is -2.25. The van der Waals surface area contributed by atoms with Gasteiger partial charge in [-0.05, 0) is 17.5 Å². The third-order valence-corrected chi connectivity index (χ3v) is 5.01. The summed E-state index contributed by atoms with van der Waals surface area (Å²) in [4.78, 5) is 21.6. The monoisotopic (exact) mass is 314 g/mol. The van der Waals surface area contributed by atoms with E-state index in [-0.39, 0.29) is 12.1 Å². The number of aromatic nitrogens is 2. The summed E-state index contributed by atoms with van der Waals surface area (Å²) in [6.07, 6.45) is 4.82. The smallest absolute Gasteiger partial charge is 0.255 e. The molecule has 4 rings (SSSR count). The molecule has 1 amide bonds. The third-order valence-electron chi connectivity index (χ3n) is 3.22. The number of thiophene rings is 1. The van der Waals surface area contributed by atoms with Gasteiger partial charge in [0.25, 0.3) is 5.91 Å². The Labute approximate surface area is 128 Å². The largest absolute Gasteiger partial charge is 0.359 e. The molecule has 1 aliphatic rings. The fraction of sp³-hybridized carbons (Fsp3) is 0.0714. The molecule has 5 nitrogen and oxygen atoms in total. The van der Waals surface area contributed by atoms with E-state index >= 15 is 0 Å². The van der Waals surface area contributed by atoms with Crippen molar-refractivity contribution >= 4 is 34.3 Å². The molecular formula is C14H10N4OS2. The quantitative estimate of drug-likeness (QED) is 0.762. The van der Waals surface area contributed by atoms with E-state index in [0.717, 1.165) is 21.1 Å². The molecule has 1 unspecified atom stereocenters. The summed E-state index contributed by atoms with van der Waals surface area (Å²) in [5.74, 6) is -0.0957. The summed E-state index contributed by atoms with van der Waals surface area (Å²) in [5.41, 5.74) is 2.47. The van der Waals surface area contributed by atoms with Crippen LogP contribution < -0.4 is 10.6 Å². The van der Waals surface area contributed by atoms with Gasteiger partial charge in [-0.15, -0.1) is 11.3 Å². The Kier molecular flexibility index (Phi) is 2.94. The average molecular weight is 314 g/mol. The van der Waals surface area contributed by atoms with Crippen molar-refractivity contribution in [3.63, 3.8) is 0 Å². The normalized spacial score (nSPS) is 17.0. The number of rotatable bonds is 2. The first kappa shape index (κ1) is 12.5. The third kappa shape index (κ3) is 2.20. The Bertz CT molecular complexity index is 797. The first-order valence-electron chi connectivity index (χ1n) is 6.31. The SMILES string of the molecule is O=C1NC(c2cnc(-c3ccsc3)s2)Nc2cnccc21. The molecule has 1 atom stereocenters. The van der Waals surface area contributed by atoms with Gasteiger partial charge in [-0.1, -0.05) is 0 Å². The molecule has 0 radical (unpaired) electrons. The highest BCUT2D eigenvalue weighted by Gasteiger charge is 2.26. The number of carbonyl (C=O) groups is 1. The predicted octanol–water partition coefficient (Wildman–Crippen LogP) is 3.12. The van der Waals surface area contributed by atoms with E-state index in [1.807, 2.05) is 11.4 Å². The zero-order chi connectivity index (χ0) is 14.2. The van der Waals surface area contributed by atoms with Crippen molar-refractivity contribution in [1.82, 2.24) is 15.3 Å². The van der Waals surface area contributed by atoms with E-state index in [1.54, 1.807) is 47.3 Å². The lowest BCUT2D eigenvalue weighted by Gasteiger charge is -2.26. The van der Waals surface area contributed by atoms with Crippen LogP contribution in [0.2, 0.25) is 0 Å². The van der Waals surface area contributed by atoms with Crippen LogP contribution in [0.5, 0.6) is 0 Å². The number of thiazole rings is 1. The average Bonchev–Trinajstić information content (AvgIpc) is 3.18. The summed E-state index contributed by atoms with van der Waals surface area (Å²) in [6.45, 7) is 0. The zero-order valence-electron chi connectivity index (χ0n) is 10.7. The number of nitrogens with zero attached hydrogens (tertiary/aromatic N) is 2. The number of pyridine rings is 1. The van der Waals surface area contributed by atoms with E-state index in [2.05, 4.69) is 26.0 Å². The molecule has 4 heterocycles. The lowest BCUT2D eigenvalue weighted by molar-refractivity contribution is 0.0936.